The van der Waals surface area contributed by atoms with Crippen LogP contribution in [-0.2, 0) is 11.2 Å². The Bertz CT molecular complexity index is 448. The fourth-order valence-electron chi connectivity index (χ4n) is 2.56. The van der Waals surface area contributed by atoms with Crippen LogP contribution >= 0.6 is 15.9 Å². The van der Waals surface area contributed by atoms with Crippen LogP contribution in [0.15, 0.2) is 28.7 Å². The Morgan fingerprint density at radius 3 is 3.05 bits per heavy atom. The zero-order valence-corrected chi connectivity index (χ0v) is 12.8. The minimum Gasteiger partial charge on any atom is -0.393 e. The minimum atomic E-state index is -0.332. The molecule has 1 amide bonds. The number of nitrogens with zero attached hydrogens (tertiary/aromatic N) is 1. The fourth-order valence-corrected chi connectivity index (χ4v) is 3.01. The van der Waals surface area contributed by atoms with Crippen molar-refractivity contribution in [3.8, 4) is 0 Å². The van der Waals surface area contributed by atoms with Crippen molar-refractivity contribution in [1.82, 2.24) is 4.90 Å². The molecule has 2 unspecified atom stereocenters. The lowest BCUT2D eigenvalue weighted by Gasteiger charge is -2.34. The van der Waals surface area contributed by atoms with Crippen LogP contribution in [0.2, 0.25) is 0 Å². The lowest BCUT2D eigenvalue weighted by molar-refractivity contribution is -0.133. The van der Waals surface area contributed by atoms with Crippen molar-refractivity contribution >= 4 is 21.8 Å². The third kappa shape index (κ3) is 4.05. The van der Waals surface area contributed by atoms with Gasteiger partial charge in [-0.15, -0.1) is 0 Å². The van der Waals surface area contributed by atoms with E-state index in [0.29, 0.717) is 13.0 Å². The number of amides is 1. The van der Waals surface area contributed by atoms with Crippen LogP contribution in [0.4, 0.5) is 0 Å². The SMILES string of the molecule is CC(O)C1CCCN(C(=O)Cc2cccc(Br)c2)C1. The first kappa shape index (κ1) is 14.5. The van der Waals surface area contributed by atoms with Crippen LogP contribution in [0.1, 0.15) is 25.3 Å². The molecule has 1 heterocycles. The van der Waals surface area contributed by atoms with E-state index in [9.17, 15) is 9.90 Å². The van der Waals surface area contributed by atoms with Gasteiger partial charge in [-0.2, -0.15) is 0 Å². The maximum absolute atomic E-state index is 12.3. The topological polar surface area (TPSA) is 40.5 Å². The molecule has 4 heteroatoms. The van der Waals surface area contributed by atoms with Gasteiger partial charge in [0.1, 0.15) is 0 Å². The fraction of sp³-hybridized carbons (Fsp3) is 0.533. The molecule has 19 heavy (non-hydrogen) atoms. The molecule has 2 rings (SSSR count). The van der Waals surface area contributed by atoms with Crippen molar-refractivity contribution in [3.63, 3.8) is 0 Å². The Labute approximate surface area is 122 Å². The van der Waals surface area contributed by atoms with Crippen molar-refractivity contribution in [2.75, 3.05) is 13.1 Å². The molecule has 1 saturated heterocycles. The first-order valence-electron chi connectivity index (χ1n) is 6.76. The molecule has 0 bridgehead atoms. The predicted octanol–water partition coefficient (Wildman–Crippen LogP) is 2.61. The highest BCUT2D eigenvalue weighted by Crippen LogP contribution is 2.21. The lowest BCUT2D eigenvalue weighted by Crippen LogP contribution is -2.43. The van der Waals surface area contributed by atoms with Crippen LogP contribution in [0.3, 0.4) is 0 Å². The lowest BCUT2D eigenvalue weighted by atomic mass is 9.93. The Morgan fingerprint density at radius 1 is 1.58 bits per heavy atom. The predicted molar refractivity (Wildman–Crippen MR) is 78.8 cm³/mol. The van der Waals surface area contributed by atoms with Crippen LogP contribution in [0.5, 0.6) is 0 Å². The summed E-state index contributed by atoms with van der Waals surface area (Å²) in [4.78, 5) is 14.2. The summed E-state index contributed by atoms with van der Waals surface area (Å²) in [5.41, 5.74) is 1.03. The standard InChI is InChI=1S/C15H20BrNO2/c1-11(18)13-5-3-7-17(10-13)15(19)9-12-4-2-6-14(16)8-12/h2,4,6,8,11,13,18H,3,5,7,9-10H2,1H3. The van der Waals surface area contributed by atoms with Gasteiger partial charge in [0.2, 0.25) is 5.91 Å². The van der Waals surface area contributed by atoms with Crippen molar-refractivity contribution in [3.05, 3.63) is 34.3 Å². The van der Waals surface area contributed by atoms with Crippen LogP contribution < -0.4 is 0 Å². The average Bonchev–Trinajstić information content (AvgIpc) is 2.39. The van der Waals surface area contributed by atoms with Gasteiger partial charge in [-0.3, -0.25) is 4.79 Å². The molecule has 0 spiro atoms. The van der Waals surface area contributed by atoms with Crippen LogP contribution in [0.25, 0.3) is 0 Å². The molecule has 3 nitrogen and oxygen atoms in total. The number of halogens is 1. The molecule has 2 atom stereocenters. The maximum atomic E-state index is 12.3. The molecule has 1 aliphatic rings. The molecular weight excluding hydrogens is 306 g/mol. The first-order valence-corrected chi connectivity index (χ1v) is 7.56. The Balaban J connectivity index is 1.96. The Morgan fingerprint density at radius 2 is 2.37 bits per heavy atom. The minimum absolute atomic E-state index is 0.156. The van der Waals surface area contributed by atoms with Crippen molar-refractivity contribution in [1.29, 1.82) is 0 Å². The van der Waals surface area contributed by atoms with Gasteiger partial charge in [0.15, 0.2) is 0 Å². The Kier molecular flexibility index (Phi) is 4.99. The Hall–Kier alpha value is -0.870. The zero-order chi connectivity index (χ0) is 13.8. The van der Waals surface area contributed by atoms with Gasteiger partial charge in [0, 0.05) is 23.5 Å². The molecule has 0 radical (unpaired) electrons. The quantitative estimate of drug-likeness (QED) is 0.928. The van der Waals surface area contributed by atoms with Crippen LogP contribution in [0, 0.1) is 5.92 Å². The number of carbonyl (C=O) groups is 1. The molecule has 0 aromatic heterocycles. The number of carbonyl (C=O) groups excluding carboxylic acids is 1. The number of likely N-dealkylation sites (tertiary alicyclic amines) is 1. The summed E-state index contributed by atoms with van der Waals surface area (Å²) in [7, 11) is 0. The van der Waals surface area contributed by atoms with Gasteiger partial charge in [-0.25, -0.2) is 0 Å². The van der Waals surface area contributed by atoms with E-state index < -0.39 is 0 Å². The summed E-state index contributed by atoms with van der Waals surface area (Å²) in [5, 5.41) is 9.66. The maximum Gasteiger partial charge on any atom is 0.227 e. The number of piperidine rings is 1. The van der Waals surface area contributed by atoms with Gasteiger partial charge < -0.3 is 10.0 Å². The van der Waals surface area contributed by atoms with Crippen molar-refractivity contribution < 1.29 is 9.90 Å². The smallest absolute Gasteiger partial charge is 0.227 e. The van der Waals surface area contributed by atoms with E-state index in [0.717, 1.165) is 29.4 Å². The number of rotatable bonds is 3. The molecule has 1 fully saturated rings. The summed E-state index contributed by atoms with van der Waals surface area (Å²) in [6.45, 7) is 3.31. The van der Waals surface area contributed by atoms with Gasteiger partial charge in [-0.1, -0.05) is 28.1 Å². The highest BCUT2D eigenvalue weighted by Gasteiger charge is 2.26. The molecule has 0 saturated carbocycles. The highest BCUT2D eigenvalue weighted by atomic mass is 79.9. The van der Waals surface area contributed by atoms with E-state index in [-0.39, 0.29) is 17.9 Å². The second-order valence-electron chi connectivity index (χ2n) is 5.29. The van der Waals surface area contributed by atoms with E-state index in [4.69, 9.17) is 0 Å². The van der Waals surface area contributed by atoms with Crippen molar-refractivity contribution in [2.45, 2.75) is 32.3 Å². The average molecular weight is 326 g/mol. The molecule has 0 aliphatic carbocycles. The number of hydrogen-bond donors (Lipinski definition) is 1. The molecule has 1 aliphatic heterocycles. The van der Waals surface area contributed by atoms with Gasteiger partial charge in [0.25, 0.3) is 0 Å². The molecular formula is C15H20BrNO2. The zero-order valence-electron chi connectivity index (χ0n) is 11.2. The number of hydrogen-bond acceptors (Lipinski definition) is 2. The highest BCUT2D eigenvalue weighted by molar-refractivity contribution is 9.10. The van der Waals surface area contributed by atoms with Gasteiger partial charge in [-0.05, 0) is 37.5 Å². The summed E-state index contributed by atoms with van der Waals surface area (Å²) < 4.78 is 0.998. The third-order valence-electron chi connectivity index (χ3n) is 3.74. The first-order chi connectivity index (χ1) is 9.06. The van der Waals surface area contributed by atoms with E-state index >= 15 is 0 Å². The molecule has 104 valence electrons. The largest absolute Gasteiger partial charge is 0.393 e. The second-order valence-corrected chi connectivity index (χ2v) is 6.21. The van der Waals surface area contributed by atoms with E-state index in [1.165, 1.54) is 0 Å². The molecule has 1 N–H and O–H groups in total. The molecule has 1 aromatic carbocycles. The van der Waals surface area contributed by atoms with Gasteiger partial charge in [0.05, 0.1) is 12.5 Å². The van der Waals surface area contributed by atoms with Crippen LogP contribution in [-0.4, -0.2) is 35.1 Å². The van der Waals surface area contributed by atoms with Crippen molar-refractivity contribution in [2.24, 2.45) is 5.92 Å². The number of aliphatic hydroxyl groups excluding tert-OH is 1. The summed E-state index contributed by atoms with van der Waals surface area (Å²) in [5.74, 6) is 0.378. The van der Waals surface area contributed by atoms with E-state index in [1.54, 1.807) is 0 Å². The van der Waals surface area contributed by atoms with E-state index in [2.05, 4.69) is 15.9 Å². The normalized spacial score (nSPS) is 21.2. The second kappa shape index (κ2) is 6.53. The third-order valence-corrected chi connectivity index (χ3v) is 4.23. The summed E-state index contributed by atoms with van der Waals surface area (Å²) in [6, 6.07) is 7.85. The molecule has 1 aromatic rings. The summed E-state index contributed by atoms with van der Waals surface area (Å²) >= 11 is 3.42. The number of aliphatic hydroxyl groups is 1. The van der Waals surface area contributed by atoms with Gasteiger partial charge >= 0.3 is 0 Å². The monoisotopic (exact) mass is 325 g/mol. The summed E-state index contributed by atoms with van der Waals surface area (Å²) in [6.07, 6.45) is 2.10. The van der Waals surface area contributed by atoms with E-state index in [1.807, 2.05) is 36.1 Å². The number of benzene rings is 1.